The number of benzene rings is 2. The monoisotopic (exact) mass is 350 g/mol. The Labute approximate surface area is 139 Å². The number of hydrogen-bond donors (Lipinski definition) is 1. The van der Waals surface area contributed by atoms with Crippen molar-refractivity contribution in [3.05, 3.63) is 48.0 Å². The van der Waals surface area contributed by atoms with E-state index in [0.29, 0.717) is 22.7 Å². The third kappa shape index (κ3) is 4.39. The van der Waals surface area contributed by atoms with Crippen LogP contribution in [0.4, 0.5) is 5.69 Å². The van der Waals surface area contributed by atoms with Crippen LogP contribution in [0, 0.1) is 6.92 Å². The summed E-state index contributed by atoms with van der Waals surface area (Å²) >= 11 is 0. The summed E-state index contributed by atoms with van der Waals surface area (Å²) in [6, 6.07) is 10.4. The first kappa shape index (κ1) is 17.6. The number of sulfonamides is 1. The molecule has 0 unspecified atom stereocenters. The molecule has 7 nitrogen and oxygen atoms in total. The zero-order valence-corrected chi connectivity index (χ0v) is 13.9. The van der Waals surface area contributed by atoms with Crippen LogP contribution >= 0.6 is 0 Å². The number of rotatable bonds is 7. The molecule has 0 fully saturated rings. The van der Waals surface area contributed by atoms with Crippen LogP contribution in [0.15, 0.2) is 47.4 Å². The summed E-state index contributed by atoms with van der Waals surface area (Å²) in [5.74, 6) is -0.444. The maximum absolute atomic E-state index is 12.4. The molecule has 0 aliphatic rings. The van der Waals surface area contributed by atoms with Crippen molar-refractivity contribution in [2.75, 3.05) is 18.4 Å². The fourth-order valence-corrected chi connectivity index (χ4v) is 3.14. The molecule has 2 rings (SSSR count). The maximum Gasteiger partial charge on any atom is 0.261 e. The molecule has 0 aliphatic carbocycles. The molecule has 128 valence electrons. The Morgan fingerprint density at radius 1 is 1.17 bits per heavy atom. The van der Waals surface area contributed by atoms with Crippen LogP contribution in [0.2, 0.25) is 0 Å². The summed E-state index contributed by atoms with van der Waals surface area (Å²) in [6.07, 6.45) is 0. The fraction of sp³-hybridized carbons (Fsp3) is 0.188. The van der Waals surface area contributed by atoms with Gasteiger partial charge in [0.05, 0.1) is 18.0 Å². The lowest BCUT2D eigenvalue weighted by Crippen LogP contribution is -2.28. The van der Waals surface area contributed by atoms with Crippen molar-refractivity contribution < 1.29 is 27.8 Å². The van der Waals surface area contributed by atoms with Crippen molar-refractivity contribution in [3.63, 3.8) is 0 Å². The topological polar surface area (TPSA) is 105 Å². The second-order valence-electron chi connectivity index (χ2n) is 4.92. The van der Waals surface area contributed by atoms with E-state index in [0.717, 1.165) is 0 Å². The predicted molar refractivity (Wildman–Crippen MR) is 85.5 cm³/mol. The lowest BCUT2D eigenvalue weighted by Gasteiger charge is -2.11. The van der Waals surface area contributed by atoms with E-state index in [-0.39, 0.29) is 4.90 Å². The molecule has 0 amide bonds. The second kappa shape index (κ2) is 7.22. The van der Waals surface area contributed by atoms with Gasteiger partial charge in [-0.1, -0.05) is 0 Å². The van der Waals surface area contributed by atoms with Crippen molar-refractivity contribution in [1.82, 2.24) is 0 Å². The number of carbonyl (C=O) groups is 1. The Kier molecular flexibility index (Phi) is 5.30. The number of carbonyl (C=O) groups excluding carboxylic acids is 1. The van der Waals surface area contributed by atoms with Crippen molar-refractivity contribution in [2.24, 2.45) is 0 Å². The molecule has 24 heavy (non-hydrogen) atoms. The highest BCUT2D eigenvalue weighted by molar-refractivity contribution is 7.92. The molecule has 0 spiro atoms. The van der Waals surface area contributed by atoms with E-state index in [2.05, 4.69) is 4.72 Å². The van der Waals surface area contributed by atoms with Crippen LogP contribution in [0.25, 0.3) is 0 Å². The molecular formula is C16H16NO6S-. The smallest absolute Gasteiger partial charge is 0.261 e. The van der Waals surface area contributed by atoms with Gasteiger partial charge >= 0.3 is 0 Å². The largest absolute Gasteiger partial charge is 0.546 e. The van der Waals surface area contributed by atoms with Gasteiger partial charge in [-0.25, -0.2) is 8.42 Å². The van der Waals surface area contributed by atoms with E-state index in [1.807, 2.05) is 0 Å². The molecule has 0 aliphatic heterocycles. The second-order valence-corrected chi connectivity index (χ2v) is 6.60. The average Bonchev–Trinajstić information content (AvgIpc) is 2.53. The van der Waals surface area contributed by atoms with Gasteiger partial charge in [0.1, 0.15) is 18.1 Å². The van der Waals surface area contributed by atoms with Crippen LogP contribution in [0.1, 0.15) is 5.56 Å². The number of ether oxygens (including phenoxy) is 2. The minimum atomic E-state index is -3.75. The summed E-state index contributed by atoms with van der Waals surface area (Å²) in [4.78, 5) is 10.4. The third-order valence-corrected chi connectivity index (χ3v) is 4.52. The molecule has 0 atom stereocenters. The highest BCUT2D eigenvalue weighted by atomic mass is 32.2. The Bertz CT molecular complexity index is 830. The van der Waals surface area contributed by atoms with Crippen LogP contribution in [-0.2, 0) is 14.8 Å². The van der Waals surface area contributed by atoms with Crippen molar-refractivity contribution >= 4 is 21.7 Å². The number of carboxylic acids is 1. The summed E-state index contributed by atoms with van der Waals surface area (Å²) in [5, 5.41) is 10.3. The minimum Gasteiger partial charge on any atom is -0.546 e. The van der Waals surface area contributed by atoms with E-state index in [9.17, 15) is 18.3 Å². The molecule has 0 radical (unpaired) electrons. The number of nitrogens with one attached hydrogen (secondary N) is 1. The Morgan fingerprint density at radius 3 is 2.38 bits per heavy atom. The lowest BCUT2D eigenvalue weighted by atomic mass is 10.2. The average molecular weight is 350 g/mol. The highest BCUT2D eigenvalue weighted by Gasteiger charge is 2.15. The first-order chi connectivity index (χ1) is 11.3. The van der Waals surface area contributed by atoms with Crippen molar-refractivity contribution in [3.8, 4) is 11.5 Å². The number of anilines is 1. The zero-order chi connectivity index (χ0) is 17.7. The molecule has 0 aromatic heterocycles. The summed E-state index contributed by atoms with van der Waals surface area (Å²) in [7, 11) is -2.24. The van der Waals surface area contributed by atoms with E-state index in [1.165, 1.54) is 43.5 Å². The molecule has 0 saturated carbocycles. The molecular weight excluding hydrogens is 334 g/mol. The first-order valence-electron chi connectivity index (χ1n) is 6.92. The number of aliphatic carboxylic acids is 1. The molecule has 2 aromatic carbocycles. The van der Waals surface area contributed by atoms with E-state index in [4.69, 9.17) is 9.47 Å². The zero-order valence-electron chi connectivity index (χ0n) is 13.1. The Balaban J connectivity index is 2.14. The van der Waals surface area contributed by atoms with Crippen LogP contribution in [0.3, 0.4) is 0 Å². The molecule has 0 bridgehead atoms. The Hall–Kier alpha value is -2.74. The van der Waals surface area contributed by atoms with E-state index in [1.54, 1.807) is 13.0 Å². The molecule has 8 heteroatoms. The van der Waals surface area contributed by atoms with Gasteiger partial charge in [-0.15, -0.1) is 0 Å². The third-order valence-electron chi connectivity index (χ3n) is 3.14. The van der Waals surface area contributed by atoms with E-state index < -0.39 is 22.6 Å². The number of carboxylic acid groups (broad SMARTS) is 1. The van der Waals surface area contributed by atoms with Gasteiger partial charge in [0.2, 0.25) is 0 Å². The summed E-state index contributed by atoms with van der Waals surface area (Å²) in [5.41, 5.74) is 1.02. The Morgan fingerprint density at radius 2 is 1.83 bits per heavy atom. The van der Waals surface area contributed by atoms with Crippen LogP contribution in [0.5, 0.6) is 11.5 Å². The fourth-order valence-electron chi connectivity index (χ4n) is 1.99. The summed E-state index contributed by atoms with van der Waals surface area (Å²) < 4.78 is 37.2. The van der Waals surface area contributed by atoms with Gasteiger partial charge in [0.25, 0.3) is 10.0 Å². The minimum absolute atomic E-state index is 0.109. The number of aryl methyl sites for hydroxylation is 1. The van der Waals surface area contributed by atoms with Crippen molar-refractivity contribution in [2.45, 2.75) is 11.8 Å². The maximum atomic E-state index is 12.4. The van der Waals surface area contributed by atoms with Gasteiger partial charge in [0, 0.05) is 5.69 Å². The summed E-state index contributed by atoms with van der Waals surface area (Å²) in [6.45, 7) is 1.18. The number of hydrogen-bond acceptors (Lipinski definition) is 6. The van der Waals surface area contributed by atoms with E-state index >= 15 is 0 Å². The lowest BCUT2D eigenvalue weighted by molar-refractivity contribution is -0.307. The molecule has 1 N–H and O–H groups in total. The highest BCUT2D eigenvalue weighted by Crippen LogP contribution is 2.24. The van der Waals surface area contributed by atoms with Crippen molar-refractivity contribution in [1.29, 1.82) is 0 Å². The van der Waals surface area contributed by atoms with Crippen LogP contribution < -0.4 is 19.3 Å². The molecule has 0 heterocycles. The quantitative estimate of drug-likeness (QED) is 0.796. The van der Waals surface area contributed by atoms with Gasteiger partial charge < -0.3 is 19.4 Å². The normalized spacial score (nSPS) is 10.9. The first-order valence-corrected chi connectivity index (χ1v) is 8.40. The number of methoxy groups -OCH3 is 1. The SMILES string of the molecule is COc1ccc(S(=O)(=O)Nc2ccc(OCC(=O)[O-])cc2)cc1C. The van der Waals surface area contributed by atoms with Gasteiger partial charge in [-0.3, -0.25) is 4.72 Å². The molecule has 2 aromatic rings. The van der Waals surface area contributed by atoms with Crippen LogP contribution in [-0.4, -0.2) is 28.1 Å². The van der Waals surface area contributed by atoms with Gasteiger partial charge in [-0.05, 0) is 55.0 Å². The molecule has 0 saturated heterocycles. The predicted octanol–water partition coefficient (Wildman–Crippen LogP) is 0.933. The van der Waals surface area contributed by atoms with Gasteiger partial charge in [-0.2, -0.15) is 0 Å². The standard InChI is InChI=1S/C16H17NO6S/c1-11-9-14(7-8-15(11)22-2)24(20,21)17-12-3-5-13(6-4-12)23-10-16(18)19/h3-9,17H,10H2,1-2H3,(H,18,19)/p-1. The van der Waals surface area contributed by atoms with Gasteiger partial charge in [0.15, 0.2) is 0 Å².